The van der Waals surface area contributed by atoms with Gasteiger partial charge in [-0.3, -0.25) is 0 Å². The molecule has 0 aromatic carbocycles. The number of hydrogen-bond acceptors (Lipinski definition) is 2. The summed E-state index contributed by atoms with van der Waals surface area (Å²) < 4.78 is 13.9. The van der Waals surface area contributed by atoms with Crippen molar-refractivity contribution < 1.29 is 4.39 Å². The number of halogens is 2. The van der Waals surface area contributed by atoms with E-state index in [1.165, 1.54) is 12.5 Å². The van der Waals surface area contributed by atoms with Crippen molar-refractivity contribution >= 4 is 11.8 Å². The number of nitrogens with zero attached hydrogens (tertiary/aromatic N) is 3. The SMILES string of the molecule is Fc1cnc2n(Cl)cncc1-2. The normalized spacial score (nSPS) is 10.7. The molecule has 0 aromatic rings. The van der Waals surface area contributed by atoms with Crippen LogP contribution in [0, 0.1) is 5.82 Å². The monoisotopic (exact) mass is 171 g/mol. The van der Waals surface area contributed by atoms with E-state index in [1.54, 1.807) is 0 Å². The van der Waals surface area contributed by atoms with E-state index >= 15 is 0 Å². The Bertz CT molecular complexity index is 359. The summed E-state index contributed by atoms with van der Waals surface area (Å²) >= 11 is 5.60. The van der Waals surface area contributed by atoms with Crippen LogP contribution < -0.4 is 0 Å². The fourth-order valence-electron chi connectivity index (χ4n) is 0.874. The molecule has 0 atom stereocenters. The van der Waals surface area contributed by atoms with Gasteiger partial charge in [0.2, 0.25) is 0 Å². The molecular formula is C6H3ClFN3. The third kappa shape index (κ3) is 0.867. The van der Waals surface area contributed by atoms with E-state index in [2.05, 4.69) is 9.97 Å². The molecule has 0 fully saturated rings. The first-order valence-corrected chi connectivity index (χ1v) is 3.25. The first-order valence-electron chi connectivity index (χ1n) is 2.92. The molecule has 11 heavy (non-hydrogen) atoms. The van der Waals surface area contributed by atoms with Crippen LogP contribution in [-0.2, 0) is 0 Å². The van der Waals surface area contributed by atoms with Crippen LogP contribution in [0.25, 0.3) is 11.4 Å². The average Bonchev–Trinajstić information content (AvgIpc) is 2.35. The maximum absolute atomic E-state index is 12.8. The van der Waals surface area contributed by atoms with Gasteiger partial charge < -0.3 is 0 Å². The van der Waals surface area contributed by atoms with E-state index in [1.807, 2.05) is 0 Å². The minimum absolute atomic E-state index is 0.336. The minimum atomic E-state index is -0.400. The van der Waals surface area contributed by atoms with E-state index in [4.69, 9.17) is 11.8 Å². The van der Waals surface area contributed by atoms with E-state index in [-0.39, 0.29) is 0 Å². The van der Waals surface area contributed by atoms with E-state index in [0.29, 0.717) is 11.4 Å². The first-order chi connectivity index (χ1) is 5.29. The predicted molar refractivity (Wildman–Crippen MR) is 37.9 cm³/mol. The van der Waals surface area contributed by atoms with Crippen molar-refractivity contribution in [3.8, 4) is 11.4 Å². The third-order valence-corrected chi connectivity index (χ3v) is 1.62. The van der Waals surface area contributed by atoms with Gasteiger partial charge in [0, 0.05) is 18.0 Å². The van der Waals surface area contributed by atoms with Crippen LogP contribution in [0.5, 0.6) is 0 Å². The van der Waals surface area contributed by atoms with Crippen molar-refractivity contribution in [2.45, 2.75) is 0 Å². The van der Waals surface area contributed by atoms with Crippen molar-refractivity contribution in [3.05, 3.63) is 24.5 Å². The zero-order chi connectivity index (χ0) is 7.84. The molecule has 0 radical (unpaired) electrons. The van der Waals surface area contributed by atoms with E-state index < -0.39 is 5.82 Å². The molecule has 2 heterocycles. The van der Waals surface area contributed by atoms with Gasteiger partial charge in [0.05, 0.1) is 11.8 Å². The molecule has 0 aromatic heterocycles. The topological polar surface area (TPSA) is 30.7 Å². The Kier molecular flexibility index (Phi) is 1.29. The Morgan fingerprint density at radius 1 is 1.45 bits per heavy atom. The summed E-state index contributed by atoms with van der Waals surface area (Å²) in [5.41, 5.74) is 0.336. The van der Waals surface area contributed by atoms with Gasteiger partial charge in [0.25, 0.3) is 0 Å². The Labute approximate surface area is 66.9 Å². The Balaban J connectivity index is 2.79. The number of hydrogen-bond donors (Lipinski definition) is 0. The smallest absolute Gasteiger partial charge is 0.160 e. The predicted octanol–water partition coefficient (Wildman–Crippen LogP) is 1.52. The molecular weight excluding hydrogens is 169 g/mol. The Hall–Kier alpha value is -1.16. The largest absolute Gasteiger partial charge is 0.245 e. The standard InChI is InChI=1S/C6H3ClFN3/c7-11-3-9-1-4-5(8)2-10-6(4)11/h1-3H. The van der Waals surface area contributed by atoms with Crippen molar-refractivity contribution in [1.82, 2.24) is 14.1 Å². The highest BCUT2D eigenvalue weighted by molar-refractivity contribution is 6.16. The van der Waals surface area contributed by atoms with Crippen LogP contribution in [-0.4, -0.2) is 14.1 Å². The second-order valence-corrected chi connectivity index (χ2v) is 2.41. The van der Waals surface area contributed by atoms with Gasteiger partial charge in [-0.1, -0.05) is 0 Å². The lowest BCUT2D eigenvalue weighted by atomic mass is 10.3. The maximum atomic E-state index is 12.8. The second-order valence-electron chi connectivity index (χ2n) is 2.05. The highest BCUT2D eigenvalue weighted by Gasteiger charge is 2.13. The Morgan fingerprint density at radius 3 is 3.00 bits per heavy atom. The number of aromatic nitrogens is 3. The van der Waals surface area contributed by atoms with Gasteiger partial charge in [0.15, 0.2) is 11.6 Å². The highest BCUT2D eigenvalue weighted by Crippen LogP contribution is 2.22. The van der Waals surface area contributed by atoms with Crippen LogP contribution in [0.2, 0.25) is 0 Å². The van der Waals surface area contributed by atoms with Gasteiger partial charge in [-0.15, -0.1) is 0 Å². The van der Waals surface area contributed by atoms with Crippen LogP contribution in [0.15, 0.2) is 18.7 Å². The van der Waals surface area contributed by atoms with Crippen molar-refractivity contribution in [2.75, 3.05) is 0 Å². The molecule has 0 unspecified atom stereocenters. The maximum Gasteiger partial charge on any atom is 0.160 e. The molecule has 0 spiro atoms. The summed E-state index contributed by atoms with van der Waals surface area (Å²) in [6, 6.07) is 0. The summed E-state index contributed by atoms with van der Waals surface area (Å²) in [5, 5.41) is 0. The lowest BCUT2D eigenvalue weighted by Gasteiger charge is -1.99. The molecule has 2 aliphatic heterocycles. The molecule has 56 valence electrons. The molecule has 0 saturated carbocycles. The molecule has 3 nitrogen and oxygen atoms in total. The van der Waals surface area contributed by atoms with Gasteiger partial charge in [-0.2, -0.15) is 0 Å². The molecule has 5 heteroatoms. The summed E-state index contributed by atoms with van der Waals surface area (Å²) in [7, 11) is 0. The molecule has 0 saturated heterocycles. The number of fused-ring (bicyclic) bond motifs is 1. The van der Waals surface area contributed by atoms with Crippen LogP contribution >= 0.6 is 11.8 Å². The van der Waals surface area contributed by atoms with Crippen LogP contribution in [0.1, 0.15) is 0 Å². The first kappa shape index (κ1) is 6.54. The molecule has 2 rings (SSSR count). The molecule has 0 aliphatic carbocycles. The summed E-state index contributed by atoms with van der Waals surface area (Å²) in [6.07, 6.45) is 3.86. The van der Waals surface area contributed by atoms with Gasteiger partial charge >= 0.3 is 0 Å². The average molecular weight is 172 g/mol. The van der Waals surface area contributed by atoms with Gasteiger partial charge in [-0.25, -0.2) is 18.4 Å². The van der Waals surface area contributed by atoms with Crippen LogP contribution in [0.4, 0.5) is 4.39 Å². The minimum Gasteiger partial charge on any atom is -0.245 e. The van der Waals surface area contributed by atoms with Crippen molar-refractivity contribution in [2.24, 2.45) is 0 Å². The van der Waals surface area contributed by atoms with Crippen molar-refractivity contribution in [3.63, 3.8) is 0 Å². The molecule has 0 bridgehead atoms. The van der Waals surface area contributed by atoms with E-state index in [9.17, 15) is 4.39 Å². The molecule has 2 aliphatic rings. The fourth-order valence-corrected chi connectivity index (χ4v) is 1.06. The lowest BCUT2D eigenvalue weighted by Crippen LogP contribution is -1.92. The quantitative estimate of drug-likeness (QED) is 0.602. The third-order valence-electron chi connectivity index (χ3n) is 1.37. The second kappa shape index (κ2) is 2.17. The molecule has 0 amide bonds. The highest BCUT2D eigenvalue weighted by atomic mass is 35.5. The summed E-state index contributed by atoms with van der Waals surface area (Å²) in [4.78, 5) is 7.43. The molecule has 0 N–H and O–H groups in total. The zero-order valence-corrected chi connectivity index (χ0v) is 6.09. The van der Waals surface area contributed by atoms with Gasteiger partial charge in [-0.05, 0) is 0 Å². The zero-order valence-electron chi connectivity index (χ0n) is 5.33. The van der Waals surface area contributed by atoms with Gasteiger partial charge in [0.1, 0.15) is 6.33 Å². The number of rotatable bonds is 0. The summed E-state index contributed by atoms with van der Waals surface area (Å²) in [6.45, 7) is 0. The van der Waals surface area contributed by atoms with E-state index in [0.717, 1.165) is 10.3 Å². The van der Waals surface area contributed by atoms with Crippen molar-refractivity contribution in [1.29, 1.82) is 0 Å². The summed E-state index contributed by atoms with van der Waals surface area (Å²) in [5.74, 6) is -0.0123. The fraction of sp³-hybridized carbons (Fsp3) is 0. The Morgan fingerprint density at radius 2 is 2.27 bits per heavy atom. The lowest BCUT2D eigenvalue weighted by molar-refractivity contribution is 0.632. The van der Waals surface area contributed by atoms with Crippen LogP contribution in [0.3, 0.4) is 0 Å².